The van der Waals surface area contributed by atoms with Crippen LogP contribution in [0.1, 0.15) is 213 Å². The number of carbonyl (C=O) groups is 2. The molecule has 3 N–H and O–H groups in total. The van der Waals surface area contributed by atoms with Gasteiger partial charge in [-0.15, -0.1) is 0 Å². The molecule has 1 amide bonds. The summed E-state index contributed by atoms with van der Waals surface area (Å²) in [6, 6.07) is -0.722. The lowest BCUT2D eigenvalue weighted by molar-refractivity contribution is -0.151. The Kier molecular flexibility index (Phi) is 40.8. The van der Waals surface area contributed by atoms with Crippen LogP contribution in [-0.4, -0.2) is 46.9 Å². The van der Waals surface area contributed by atoms with Crippen LogP contribution in [0.25, 0.3) is 0 Å². The van der Waals surface area contributed by atoms with Crippen LogP contribution in [-0.2, 0) is 14.3 Å². The number of esters is 1. The Morgan fingerprint density at radius 2 is 1.02 bits per heavy atom. The Morgan fingerprint density at radius 3 is 1.56 bits per heavy atom. The summed E-state index contributed by atoms with van der Waals surface area (Å²) in [5, 5.41) is 23.5. The maximum Gasteiger partial charge on any atom is 0.306 e. The molecular weight excluding hydrogens is 683 g/mol. The van der Waals surface area contributed by atoms with Gasteiger partial charge in [-0.1, -0.05) is 197 Å². The van der Waals surface area contributed by atoms with Gasteiger partial charge in [0.1, 0.15) is 6.10 Å². The SMILES string of the molecule is CC/C=C/C=C/C=C\C=C/CCCC(CC(=O)NC(CO)C(O)CCCCCCCCCCC)OC(=O)CCCCCCC/C=C/CCCCCCCCC. The quantitative estimate of drug-likeness (QED) is 0.0250. The predicted octanol–water partition coefficient (Wildman–Crippen LogP) is 13.3. The Hall–Kier alpha value is -2.44. The van der Waals surface area contributed by atoms with Crippen LogP contribution < -0.4 is 5.32 Å². The van der Waals surface area contributed by atoms with E-state index in [9.17, 15) is 19.8 Å². The topological polar surface area (TPSA) is 95.9 Å². The van der Waals surface area contributed by atoms with E-state index in [1.165, 1.54) is 103 Å². The summed E-state index contributed by atoms with van der Waals surface area (Å²) in [6.45, 7) is 6.28. The molecule has 0 saturated heterocycles. The van der Waals surface area contributed by atoms with Crippen LogP contribution in [0.15, 0.2) is 60.8 Å². The lowest BCUT2D eigenvalue weighted by Gasteiger charge is -2.24. The Morgan fingerprint density at radius 1 is 0.545 bits per heavy atom. The van der Waals surface area contributed by atoms with Gasteiger partial charge in [0.05, 0.1) is 25.2 Å². The molecule has 0 heterocycles. The third-order valence-electron chi connectivity index (χ3n) is 10.2. The molecule has 0 aromatic heterocycles. The molecule has 0 radical (unpaired) electrons. The van der Waals surface area contributed by atoms with Gasteiger partial charge in [0, 0.05) is 6.42 Å². The van der Waals surface area contributed by atoms with E-state index >= 15 is 0 Å². The second kappa shape index (κ2) is 42.7. The van der Waals surface area contributed by atoms with Crippen molar-refractivity contribution in [2.24, 2.45) is 0 Å². The van der Waals surface area contributed by atoms with E-state index in [0.29, 0.717) is 19.3 Å². The first-order valence-corrected chi connectivity index (χ1v) is 23.1. The zero-order valence-corrected chi connectivity index (χ0v) is 36.0. The third kappa shape index (κ3) is 38.2. The molecule has 0 aliphatic heterocycles. The van der Waals surface area contributed by atoms with E-state index in [-0.39, 0.29) is 24.9 Å². The molecule has 6 nitrogen and oxygen atoms in total. The number of amides is 1. The van der Waals surface area contributed by atoms with E-state index in [1.54, 1.807) is 0 Å². The zero-order chi connectivity index (χ0) is 40.3. The van der Waals surface area contributed by atoms with Crippen molar-refractivity contribution >= 4 is 11.9 Å². The number of carbonyl (C=O) groups excluding carboxylic acids is 2. The first kappa shape index (κ1) is 52.6. The Bertz CT molecular complexity index is 999. The number of unbranched alkanes of at least 4 members (excludes halogenated alkanes) is 21. The average Bonchev–Trinajstić information content (AvgIpc) is 3.18. The van der Waals surface area contributed by atoms with Crippen LogP contribution in [0.3, 0.4) is 0 Å². The van der Waals surface area contributed by atoms with Crippen LogP contribution in [0.5, 0.6) is 0 Å². The highest BCUT2D eigenvalue weighted by molar-refractivity contribution is 5.77. The first-order chi connectivity index (χ1) is 27.0. The molecule has 3 unspecified atom stereocenters. The van der Waals surface area contributed by atoms with Crippen LogP contribution in [0, 0.1) is 0 Å². The van der Waals surface area contributed by atoms with E-state index < -0.39 is 18.2 Å². The van der Waals surface area contributed by atoms with E-state index in [4.69, 9.17) is 4.74 Å². The molecule has 0 aliphatic carbocycles. The Balaban J connectivity index is 4.65. The second-order valence-corrected chi connectivity index (χ2v) is 15.5. The number of aliphatic hydroxyl groups excluding tert-OH is 2. The minimum absolute atomic E-state index is 0.0269. The predicted molar refractivity (Wildman–Crippen MR) is 236 cm³/mol. The lowest BCUT2D eigenvalue weighted by Crippen LogP contribution is -2.46. The normalized spacial score (nSPS) is 13.9. The lowest BCUT2D eigenvalue weighted by atomic mass is 10.0. The molecule has 0 rings (SSSR count). The maximum atomic E-state index is 13.1. The average molecular weight is 770 g/mol. The van der Waals surface area contributed by atoms with Crippen molar-refractivity contribution in [2.45, 2.75) is 232 Å². The van der Waals surface area contributed by atoms with Crippen molar-refractivity contribution in [3.8, 4) is 0 Å². The number of rotatable bonds is 40. The molecule has 3 atom stereocenters. The summed E-state index contributed by atoms with van der Waals surface area (Å²) >= 11 is 0. The summed E-state index contributed by atoms with van der Waals surface area (Å²) in [5.41, 5.74) is 0. The Labute approximate surface area is 339 Å². The summed E-state index contributed by atoms with van der Waals surface area (Å²) in [6.07, 6.45) is 51.5. The van der Waals surface area contributed by atoms with Crippen LogP contribution in [0.4, 0.5) is 0 Å². The largest absolute Gasteiger partial charge is 0.462 e. The summed E-state index contributed by atoms with van der Waals surface area (Å²) in [4.78, 5) is 25.9. The fourth-order valence-corrected chi connectivity index (χ4v) is 6.68. The van der Waals surface area contributed by atoms with Crippen molar-refractivity contribution < 1.29 is 24.5 Å². The summed E-state index contributed by atoms with van der Waals surface area (Å²) in [7, 11) is 0. The minimum atomic E-state index is -0.805. The van der Waals surface area contributed by atoms with Gasteiger partial charge in [-0.05, 0) is 64.2 Å². The summed E-state index contributed by atoms with van der Waals surface area (Å²) < 4.78 is 5.86. The molecule has 318 valence electrons. The van der Waals surface area contributed by atoms with Gasteiger partial charge < -0.3 is 20.3 Å². The number of hydrogen-bond donors (Lipinski definition) is 3. The number of ether oxygens (including phenoxy) is 1. The van der Waals surface area contributed by atoms with Crippen molar-refractivity contribution in [1.82, 2.24) is 5.32 Å². The molecule has 6 heteroatoms. The second-order valence-electron chi connectivity index (χ2n) is 15.5. The number of hydrogen-bond acceptors (Lipinski definition) is 5. The zero-order valence-electron chi connectivity index (χ0n) is 36.0. The van der Waals surface area contributed by atoms with Gasteiger partial charge >= 0.3 is 5.97 Å². The monoisotopic (exact) mass is 770 g/mol. The van der Waals surface area contributed by atoms with Crippen molar-refractivity contribution in [2.75, 3.05) is 6.61 Å². The number of aliphatic hydroxyl groups is 2. The number of allylic oxidation sites excluding steroid dienone is 10. The van der Waals surface area contributed by atoms with E-state index in [2.05, 4.69) is 50.4 Å². The van der Waals surface area contributed by atoms with Gasteiger partial charge in [0.25, 0.3) is 0 Å². The molecule has 0 aromatic carbocycles. The van der Waals surface area contributed by atoms with Gasteiger partial charge in [-0.25, -0.2) is 0 Å². The van der Waals surface area contributed by atoms with Gasteiger partial charge in [-0.2, -0.15) is 0 Å². The molecule has 55 heavy (non-hydrogen) atoms. The molecule has 0 spiro atoms. The third-order valence-corrected chi connectivity index (χ3v) is 10.2. The van der Waals surface area contributed by atoms with Gasteiger partial charge in [0.2, 0.25) is 5.91 Å². The fourth-order valence-electron chi connectivity index (χ4n) is 6.68. The number of nitrogens with one attached hydrogen (secondary N) is 1. The molecule has 0 aliphatic rings. The molecule has 0 bridgehead atoms. The highest BCUT2D eigenvalue weighted by atomic mass is 16.5. The van der Waals surface area contributed by atoms with Gasteiger partial charge in [-0.3, -0.25) is 9.59 Å². The van der Waals surface area contributed by atoms with Crippen molar-refractivity contribution in [1.29, 1.82) is 0 Å². The van der Waals surface area contributed by atoms with Gasteiger partial charge in [0.15, 0.2) is 0 Å². The highest BCUT2D eigenvalue weighted by Gasteiger charge is 2.24. The van der Waals surface area contributed by atoms with E-state index in [0.717, 1.165) is 64.2 Å². The molecule has 0 saturated carbocycles. The van der Waals surface area contributed by atoms with E-state index in [1.807, 2.05) is 36.5 Å². The van der Waals surface area contributed by atoms with Crippen molar-refractivity contribution in [3.05, 3.63) is 60.8 Å². The fraction of sp³-hybridized carbons (Fsp3) is 0.755. The first-order valence-electron chi connectivity index (χ1n) is 23.1. The molecule has 0 fully saturated rings. The molecule has 0 aromatic rings. The maximum absolute atomic E-state index is 13.1. The molecular formula is C49H87NO5. The van der Waals surface area contributed by atoms with Crippen LogP contribution in [0.2, 0.25) is 0 Å². The highest BCUT2D eigenvalue weighted by Crippen LogP contribution is 2.16. The van der Waals surface area contributed by atoms with Crippen molar-refractivity contribution in [3.63, 3.8) is 0 Å². The minimum Gasteiger partial charge on any atom is -0.462 e. The van der Waals surface area contributed by atoms with Crippen LogP contribution >= 0.6 is 0 Å². The smallest absolute Gasteiger partial charge is 0.306 e. The summed E-state index contributed by atoms with van der Waals surface area (Å²) in [5.74, 6) is -0.556. The standard InChI is InChI=1S/C49H87NO5/c1-4-7-10-13-16-19-21-22-23-24-25-27-30-33-36-39-42-49(54)55-45(40-37-34-31-29-26-20-17-14-11-8-5-2)43-48(53)50-46(44-51)47(52)41-38-35-32-28-18-15-12-9-6-3/h8,11,14,17,20,23-24,26,29,31,45-47,51-52H,4-7,9-10,12-13,15-16,18-19,21-22,25,27-28,30,32-44H2,1-3H3,(H,50,53)/b11-8+,17-14+,24-23+,26-20-,31-29-.